The lowest BCUT2D eigenvalue weighted by molar-refractivity contribution is -0.156. The molecule has 2 fully saturated rings. The summed E-state index contributed by atoms with van der Waals surface area (Å²) in [5.74, 6) is 0.465. The number of esters is 1. The SMILES string of the molecule is CC(=Cc1csc(C)n1)C1(C)CC2OC2(C)CCCC(C)CC(C)C(=O)C(C)(C)CCC(=O)O1. The van der Waals surface area contributed by atoms with Gasteiger partial charge in [0.1, 0.15) is 11.4 Å². The van der Waals surface area contributed by atoms with E-state index in [0.29, 0.717) is 18.8 Å². The highest BCUT2D eigenvalue weighted by molar-refractivity contribution is 7.09. The van der Waals surface area contributed by atoms with Crippen LogP contribution in [0, 0.1) is 24.2 Å². The van der Waals surface area contributed by atoms with E-state index in [-0.39, 0.29) is 35.8 Å². The molecule has 5 unspecified atom stereocenters. The van der Waals surface area contributed by atoms with Crippen LogP contribution in [0.5, 0.6) is 0 Å². The normalized spacial score (nSPS) is 36.0. The third-order valence-corrected chi connectivity index (χ3v) is 8.77. The molecule has 2 aliphatic heterocycles. The maximum atomic E-state index is 13.2. The minimum atomic E-state index is -0.789. The van der Waals surface area contributed by atoms with E-state index in [2.05, 4.69) is 18.8 Å². The van der Waals surface area contributed by atoms with Crippen LogP contribution in [0.1, 0.15) is 104 Å². The van der Waals surface area contributed by atoms with Crippen molar-refractivity contribution < 1.29 is 19.1 Å². The molecule has 0 amide bonds. The van der Waals surface area contributed by atoms with Crippen molar-refractivity contribution in [3.05, 3.63) is 21.7 Å². The van der Waals surface area contributed by atoms with Gasteiger partial charge in [0.15, 0.2) is 0 Å². The number of cyclic esters (lactones) is 1. The Morgan fingerprint density at radius 3 is 2.53 bits per heavy atom. The fraction of sp³-hybridized carbons (Fsp3) is 0.750. The van der Waals surface area contributed by atoms with Gasteiger partial charge in [-0.25, -0.2) is 4.98 Å². The number of rotatable bonds is 2. The Morgan fingerprint density at radius 2 is 1.88 bits per heavy atom. The molecule has 2 aliphatic rings. The van der Waals surface area contributed by atoms with E-state index in [0.717, 1.165) is 42.0 Å². The molecule has 3 heterocycles. The van der Waals surface area contributed by atoms with Crippen molar-refractivity contribution in [2.75, 3.05) is 0 Å². The lowest BCUT2D eigenvalue weighted by atomic mass is 9.75. The molecule has 0 saturated carbocycles. The minimum Gasteiger partial charge on any atom is -0.455 e. The predicted octanol–water partition coefficient (Wildman–Crippen LogP) is 6.93. The number of epoxide rings is 1. The summed E-state index contributed by atoms with van der Waals surface area (Å²) in [4.78, 5) is 30.8. The van der Waals surface area contributed by atoms with Gasteiger partial charge in [-0.3, -0.25) is 9.59 Å². The fourth-order valence-electron chi connectivity index (χ4n) is 5.36. The first-order valence-electron chi connectivity index (χ1n) is 12.8. The van der Waals surface area contributed by atoms with E-state index >= 15 is 0 Å². The second-order valence-electron chi connectivity index (χ2n) is 11.8. The highest BCUT2D eigenvalue weighted by Gasteiger charge is 2.55. The highest BCUT2D eigenvalue weighted by atomic mass is 32.1. The van der Waals surface area contributed by atoms with Crippen LogP contribution in [0.4, 0.5) is 0 Å². The summed E-state index contributed by atoms with van der Waals surface area (Å²) in [5.41, 5.74) is 0.336. The molecule has 1 aromatic heterocycles. The number of carbonyl (C=O) groups excluding carboxylic acids is 2. The van der Waals surface area contributed by atoms with Crippen LogP contribution in [0.2, 0.25) is 0 Å². The summed E-state index contributed by atoms with van der Waals surface area (Å²) in [5, 5.41) is 3.03. The summed E-state index contributed by atoms with van der Waals surface area (Å²) < 4.78 is 12.4. The van der Waals surface area contributed by atoms with Crippen molar-refractivity contribution in [1.82, 2.24) is 4.98 Å². The number of ketones is 1. The van der Waals surface area contributed by atoms with Gasteiger partial charge >= 0.3 is 5.97 Å². The Labute approximate surface area is 209 Å². The molecular weight excluding hydrogens is 446 g/mol. The number of aromatic nitrogens is 1. The molecule has 5 atom stereocenters. The van der Waals surface area contributed by atoms with Crippen LogP contribution >= 0.6 is 11.3 Å². The largest absolute Gasteiger partial charge is 0.455 e. The van der Waals surface area contributed by atoms with E-state index in [1.54, 1.807) is 11.3 Å². The summed E-state index contributed by atoms with van der Waals surface area (Å²) >= 11 is 1.61. The molecule has 0 N–H and O–H groups in total. The van der Waals surface area contributed by atoms with Gasteiger partial charge in [0.05, 0.1) is 22.4 Å². The lowest BCUT2D eigenvalue weighted by Crippen LogP contribution is -2.37. The number of hydrogen-bond donors (Lipinski definition) is 0. The van der Waals surface area contributed by atoms with Crippen molar-refractivity contribution in [2.24, 2.45) is 17.3 Å². The average molecular weight is 490 g/mol. The summed E-state index contributed by atoms with van der Waals surface area (Å²) in [6, 6.07) is 0. The predicted molar refractivity (Wildman–Crippen MR) is 138 cm³/mol. The smallest absolute Gasteiger partial charge is 0.306 e. The number of ether oxygens (including phenoxy) is 2. The van der Waals surface area contributed by atoms with E-state index < -0.39 is 11.0 Å². The zero-order valence-electron chi connectivity index (χ0n) is 22.3. The number of hydrogen-bond acceptors (Lipinski definition) is 6. The van der Waals surface area contributed by atoms with Crippen LogP contribution < -0.4 is 0 Å². The third kappa shape index (κ3) is 6.57. The summed E-state index contributed by atoms with van der Waals surface area (Å²) in [6.45, 7) is 16.4. The molecule has 1 aromatic rings. The maximum absolute atomic E-state index is 13.2. The Bertz CT molecular complexity index is 935. The van der Waals surface area contributed by atoms with Crippen LogP contribution in [0.15, 0.2) is 11.0 Å². The Balaban J connectivity index is 1.85. The second-order valence-corrected chi connectivity index (χ2v) is 12.9. The third-order valence-electron chi connectivity index (χ3n) is 7.98. The van der Waals surface area contributed by atoms with Gasteiger partial charge in [0.25, 0.3) is 0 Å². The summed E-state index contributed by atoms with van der Waals surface area (Å²) in [7, 11) is 0. The number of nitrogens with zero attached hydrogens (tertiary/aromatic N) is 1. The number of aryl methyl sites for hydroxylation is 1. The first-order chi connectivity index (χ1) is 15.7. The van der Waals surface area contributed by atoms with E-state index in [1.165, 1.54) is 0 Å². The Hall–Kier alpha value is -1.53. The zero-order chi connectivity index (χ0) is 25.3. The van der Waals surface area contributed by atoms with E-state index in [1.807, 2.05) is 53.0 Å². The number of fused-ring (bicyclic) bond motifs is 1. The van der Waals surface area contributed by atoms with Gasteiger partial charge < -0.3 is 9.47 Å². The lowest BCUT2D eigenvalue weighted by Gasteiger charge is -2.32. The first kappa shape index (κ1) is 27.1. The monoisotopic (exact) mass is 489 g/mol. The molecule has 6 heteroatoms. The second kappa shape index (κ2) is 10.2. The van der Waals surface area contributed by atoms with Crippen molar-refractivity contribution in [3.8, 4) is 0 Å². The van der Waals surface area contributed by atoms with Gasteiger partial charge in [-0.1, -0.05) is 40.5 Å². The van der Waals surface area contributed by atoms with Crippen molar-refractivity contribution in [3.63, 3.8) is 0 Å². The van der Waals surface area contributed by atoms with Crippen LogP contribution in [0.25, 0.3) is 6.08 Å². The minimum absolute atomic E-state index is 0.00792. The number of Topliss-reactive ketones (excluding diaryl/α,β-unsaturated/α-hetero) is 1. The fourth-order valence-corrected chi connectivity index (χ4v) is 5.93. The number of carbonyl (C=O) groups is 2. The molecule has 0 bridgehead atoms. The molecule has 34 heavy (non-hydrogen) atoms. The molecule has 0 aliphatic carbocycles. The van der Waals surface area contributed by atoms with Gasteiger partial charge in [-0.2, -0.15) is 0 Å². The Kier molecular flexibility index (Phi) is 8.13. The van der Waals surface area contributed by atoms with Crippen LogP contribution in [-0.4, -0.2) is 34.0 Å². The van der Waals surface area contributed by atoms with Crippen molar-refractivity contribution in [1.29, 1.82) is 0 Å². The molecule has 190 valence electrons. The molecule has 0 radical (unpaired) electrons. The first-order valence-corrected chi connectivity index (χ1v) is 13.7. The standard InChI is InChI=1S/C28H43NO4S/c1-18-10-9-12-27(7)23(32-27)16-28(8,20(3)15-22-17-34-21(4)29-22)33-24(30)11-13-26(5,6)25(31)19(2)14-18/h15,17-19,23H,9-14,16H2,1-8H3. The average Bonchev–Trinajstić information content (AvgIpc) is 3.16. The van der Waals surface area contributed by atoms with E-state index in [4.69, 9.17) is 9.47 Å². The topological polar surface area (TPSA) is 68.8 Å². The van der Waals surface area contributed by atoms with Gasteiger partial charge in [0.2, 0.25) is 0 Å². The molecule has 0 aromatic carbocycles. The van der Waals surface area contributed by atoms with Crippen LogP contribution in [0.3, 0.4) is 0 Å². The maximum Gasteiger partial charge on any atom is 0.306 e. The van der Waals surface area contributed by atoms with Crippen LogP contribution in [-0.2, 0) is 19.1 Å². The quantitative estimate of drug-likeness (QED) is 0.333. The molecule has 3 rings (SSSR count). The zero-order valence-corrected chi connectivity index (χ0v) is 23.1. The highest BCUT2D eigenvalue weighted by Crippen LogP contribution is 2.47. The Morgan fingerprint density at radius 1 is 1.18 bits per heavy atom. The van der Waals surface area contributed by atoms with Gasteiger partial charge in [0, 0.05) is 29.6 Å². The molecule has 5 nitrogen and oxygen atoms in total. The van der Waals surface area contributed by atoms with Gasteiger partial charge in [-0.15, -0.1) is 11.3 Å². The van der Waals surface area contributed by atoms with E-state index in [9.17, 15) is 9.59 Å². The van der Waals surface area contributed by atoms with Crippen molar-refractivity contribution >= 4 is 29.2 Å². The molecule has 0 spiro atoms. The molecule has 2 saturated heterocycles. The number of thiazole rings is 1. The molecular formula is C28H43NO4S. The summed E-state index contributed by atoms with van der Waals surface area (Å²) in [6.07, 6.45) is 7.46. The van der Waals surface area contributed by atoms with Gasteiger partial charge in [-0.05, 0) is 64.5 Å². The van der Waals surface area contributed by atoms with Crippen molar-refractivity contribution in [2.45, 2.75) is 118 Å².